The lowest BCUT2D eigenvalue weighted by Gasteiger charge is -2.28. The zero-order chi connectivity index (χ0) is 18.8. The Morgan fingerprint density at radius 2 is 2.22 bits per heavy atom. The molecule has 3 heterocycles. The number of nitrogens with one attached hydrogen (secondary N) is 1. The Bertz CT molecular complexity index is 991. The second kappa shape index (κ2) is 7.20. The van der Waals surface area contributed by atoms with Crippen molar-refractivity contribution >= 4 is 34.5 Å². The van der Waals surface area contributed by atoms with Gasteiger partial charge < -0.3 is 15.0 Å². The predicted octanol–water partition coefficient (Wildman–Crippen LogP) is 3.76. The molecular weight excluding hydrogens is 366 g/mol. The molecule has 1 aliphatic rings. The van der Waals surface area contributed by atoms with Crippen LogP contribution in [0.3, 0.4) is 0 Å². The summed E-state index contributed by atoms with van der Waals surface area (Å²) in [6, 6.07) is 8.42. The number of hydrogen-bond donors (Lipinski definition) is 1. The molecule has 0 atom stereocenters. The molecular formula is C18H17N5O3S. The summed E-state index contributed by atoms with van der Waals surface area (Å²) in [6.07, 6.45) is 2.71. The van der Waals surface area contributed by atoms with Gasteiger partial charge in [-0.15, -0.1) is 11.3 Å². The van der Waals surface area contributed by atoms with E-state index < -0.39 is 4.92 Å². The molecule has 1 aromatic carbocycles. The van der Waals surface area contributed by atoms with Crippen LogP contribution >= 0.6 is 11.3 Å². The van der Waals surface area contributed by atoms with Crippen LogP contribution in [-0.2, 0) is 13.0 Å². The number of thiophene rings is 1. The average Bonchev–Trinajstić information content (AvgIpc) is 3.16. The Kier molecular flexibility index (Phi) is 4.59. The third kappa shape index (κ3) is 3.54. The first kappa shape index (κ1) is 17.2. The SMILES string of the molecule is COc1cc([N+](=O)[O-])ccc1Nc1nccc(N2CCc3sccc3C2)n1. The van der Waals surface area contributed by atoms with Gasteiger partial charge in [-0.05, 0) is 35.6 Å². The monoisotopic (exact) mass is 383 g/mol. The summed E-state index contributed by atoms with van der Waals surface area (Å²) in [7, 11) is 1.47. The van der Waals surface area contributed by atoms with Crippen LogP contribution in [0.15, 0.2) is 41.9 Å². The van der Waals surface area contributed by atoms with Gasteiger partial charge >= 0.3 is 0 Å². The van der Waals surface area contributed by atoms with E-state index in [1.165, 1.54) is 29.7 Å². The summed E-state index contributed by atoms with van der Waals surface area (Å²) in [6.45, 7) is 1.74. The van der Waals surface area contributed by atoms with Crippen molar-refractivity contribution < 1.29 is 9.66 Å². The van der Waals surface area contributed by atoms with Gasteiger partial charge in [0.15, 0.2) is 0 Å². The highest BCUT2D eigenvalue weighted by Gasteiger charge is 2.19. The van der Waals surface area contributed by atoms with Gasteiger partial charge in [-0.1, -0.05) is 0 Å². The Morgan fingerprint density at radius 1 is 1.33 bits per heavy atom. The average molecular weight is 383 g/mol. The summed E-state index contributed by atoms with van der Waals surface area (Å²) < 4.78 is 5.25. The molecule has 0 unspecified atom stereocenters. The number of benzene rings is 1. The molecule has 0 amide bonds. The number of aromatic nitrogens is 2. The van der Waals surface area contributed by atoms with Gasteiger partial charge in [0.05, 0.1) is 23.8 Å². The number of non-ortho nitro benzene ring substituents is 1. The Labute approximate surface area is 159 Å². The number of anilines is 3. The third-order valence-electron chi connectivity index (χ3n) is 4.41. The van der Waals surface area contributed by atoms with E-state index in [0.717, 1.165) is 25.3 Å². The highest BCUT2D eigenvalue weighted by atomic mass is 32.1. The van der Waals surface area contributed by atoms with E-state index in [1.807, 2.05) is 6.07 Å². The number of ether oxygens (including phenoxy) is 1. The summed E-state index contributed by atoms with van der Waals surface area (Å²) >= 11 is 1.80. The topological polar surface area (TPSA) is 93.4 Å². The zero-order valence-corrected chi connectivity index (χ0v) is 15.4. The van der Waals surface area contributed by atoms with Crippen LogP contribution in [0.1, 0.15) is 10.4 Å². The molecule has 0 aliphatic carbocycles. The molecule has 3 aromatic rings. The van der Waals surface area contributed by atoms with Gasteiger partial charge in [0.25, 0.3) is 5.69 Å². The lowest BCUT2D eigenvalue weighted by atomic mass is 10.1. The van der Waals surface area contributed by atoms with Gasteiger partial charge in [0.2, 0.25) is 5.95 Å². The molecule has 2 aromatic heterocycles. The largest absolute Gasteiger partial charge is 0.494 e. The van der Waals surface area contributed by atoms with Crippen LogP contribution in [0.5, 0.6) is 5.75 Å². The third-order valence-corrected chi connectivity index (χ3v) is 5.44. The number of fused-ring (bicyclic) bond motifs is 1. The summed E-state index contributed by atoms with van der Waals surface area (Å²) in [4.78, 5) is 23.0. The van der Waals surface area contributed by atoms with Gasteiger partial charge in [0, 0.05) is 30.2 Å². The first-order chi connectivity index (χ1) is 13.1. The molecule has 0 fully saturated rings. The van der Waals surface area contributed by atoms with Crippen molar-refractivity contribution in [2.45, 2.75) is 13.0 Å². The first-order valence-corrected chi connectivity index (χ1v) is 9.24. The lowest BCUT2D eigenvalue weighted by Crippen LogP contribution is -2.30. The van der Waals surface area contributed by atoms with Crippen LogP contribution < -0.4 is 15.0 Å². The van der Waals surface area contributed by atoms with Crippen molar-refractivity contribution in [1.82, 2.24) is 9.97 Å². The fraction of sp³-hybridized carbons (Fsp3) is 0.222. The maximum absolute atomic E-state index is 10.9. The Hall–Kier alpha value is -3.20. The highest BCUT2D eigenvalue weighted by Crippen LogP contribution is 2.31. The van der Waals surface area contributed by atoms with Crippen molar-refractivity contribution in [3.8, 4) is 5.75 Å². The maximum atomic E-state index is 10.9. The van der Waals surface area contributed by atoms with E-state index in [2.05, 4.69) is 31.6 Å². The smallest absolute Gasteiger partial charge is 0.273 e. The minimum atomic E-state index is -0.460. The molecule has 0 spiro atoms. The molecule has 27 heavy (non-hydrogen) atoms. The molecule has 4 rings (SSSR count). The summed E-state index contributed by atoms with van der Waals surface area (Å²) in [5.41, 5.74) is 1.88. The molecule has 0 bridgehead atoms. The van der Waals surface area contributed by atoms with E-state index in [9.17, 15) is 10.1 Å². The quantitative estimate of drug-likeness (QED) is 0.529. The summed E-state index contributed by atoms with van der Waals surface area (Å²) in [5.74, 6) is 1.61. The van der Waals surface area contributed by atoms with Crippen molar-refractivity contribution in [1.29, 1.82) is 0 Å². The molecule has 1 aliphatic heterocycles. The number of nitro benzene ring substituents is 1. The molecule has 0 saturated carbocycles. The van der Waals surface area contributed by atoms with Crippen molar-refractivity contribution in [3.63, 3.8) is 0 Å². The normalized spacial score (nSPS) is 13.1. The minimum absolute atomic E-state index is 0.0352. The van der Waals surface area contributed by atoms with Gasteiger partial charge in [0.1, 0.15) is 11.6 Å². The number of hydrogen-bond acceptors (Lipinski definition) is 8. The van der Waals surface area contributed by atoms with E-state index in [-0.39, 0.29) is 5.69 Å². The van der Waals surface area contributed by atoms with Crippen LogP contribution in [0.2, 0.25) is 0 Å². The van der Waals surface area contributed by atoms with Crippen molar-refractivity contribution in [2.75, 3.05) is 23.9 Å². The van der Waals surface area contributed by atoms with Crippen LogP contribution in [-0.4, -0.2) is 28.5 Å². The van der Waals surface area contributed by atoms with Gasteiger partial charge in [-0.25, -0.2) is 4.98 Å². The molecule has 8 nitrogen and oxygen atoms in total. The molecule has 0 radical (unpaired) electrons. The number of methoxy groups -OCH3 is 1. The first-order valence-electron chi connectivity index (χ1n) is 8.37. The van der Waals surface area contributed by atoms with E-state index in [4.69, 9.17) is 4.74 Å². The van der Waals surface area contributed by atoms with Crippen molar-refractivity contribution in [3.05, 3.63) is 62.5 Å². The standard InChI is InChI=1S/C18H17N5O3S/c1-26-15-10-13(23(24)25)2-3-14(15)20-18-19-7-4-17(21-18)22-8-5-16-12(11-22)6-9-27-16/h2-4,6-7,9-10H,5,8,11H2,1H3,(H,19,20,21). The highest BCUT2D eigenvalue weighted by molar-refractivity contribution is 7.10. The lowest BCUT2D eigenvalue weighted by molar-refractivity contribution is -0.384. The second-order valence-corrected chi connectivity index (χ2v) is 7.05. The number of rotatable bonds is 5. The van der Waals surface area contributed by atoms with Crippen LogP contribution in [0.4, 0.5) is 23.1 Å². The van der Waals surface area contributed by atoms with Crippen molar-refractivity contribution in [2.24, 2.45) is 0 Å². The molecule has 0 saturated heterocycles. The predicted molar refractivity (Wildman–Crippen MR) is 104 cm³/mol. The van der Waals surface area contributed by atoms with E-state index in [0.29, 0.717) is 17.4 Å². The summed E-state index contributed by atoms with van der Waals surface area (Å²) in [5, 5.41) is 16.1. The molecule has 9 heteroatoms. The maximum Gasteiger partial charge on any atom is 0.273 e. The van der Waals surface area contributed by atoms with E-state index >= 15 is 0 Å². The molecule has 138 valence electrons. The van der Waals surface area contributed by atoms with Gasteiger partial charge in [-0.2, -0.15) is 4.98 Å². The van der Waals surface area contributed by atoms with Crippen LogP contribution in [0.25, 0.3) is 0 Å². The zero-order valence-electron chi connectivity index (χ0n) is 14.6. The molecule has 1 N–H and O–H groups in total. The van der Waals surface area contributed by atoms with Crippen LogP contribution in [0, 0.1) is 10.1 Å². The Balaban J connectivity index is 1.56. The van der Waals surface area contributed by atoms with E-state index in [1.54, 1.807) is 23.6 Å². The second-order valence-electron chi connectivity index (χ2n) is 6.05. The minimum Gasteiger partial charge on any atom is -0.494 e. The van der Waals surface area contributed by atoms with Gasteiger partial charge in [-0.3, -0.25) is 10.1 Å². The fourth-order valence-electron chi connectivity index (χ4n) is 3.05. The fourth-order valence-corrected chi connectivity index (χ4v) is 3.94. The Morgan fingerprint density at radius 3 is 3.04 bits per heavy atom. The number of nitrogens with zero attached hydrogens (tertiary/aromatic N) is 4. The number of nitro groups is 1.